The Hall–Kier alpha value is -1.75. The molecule has 0 aliphatic heterocycles. The normalized spacial score (nSPS) is 8.64. The number of hydrogen-bond donors (Lipinski definition) is 1. The third-order valence-corrected chi connectivity index (χ3v) is 1.70. The summed E-state index contributed by atoms with van der Waals surface area (Å²) in [5.74, 6) is 5.88. The lowest BCUT2D eigenvalue weighted by molar-refractivity contribution is -0.120. The molecule has 0 spiro atoms. The van der Waals surface area contributed by atoms with E-state index < -0.39 is 0 Å². The highest BCUT2D eigenvalue weighted by Crippen LogP contribution is 1.93. The molecule has 72 valence electrons. The Morgan fingerprint density at radius 1 is 1.36 bits per heavy atom. The summed E-state index contributed by atoms with van der Waals surface area (Å²) in [6, 6.07) is 9.70. The molecular formula is C12H13NO. The smallest absolute Gasteiger partial charge is 0.220 e. The van der Waals surface area contributed by atoms with Crippen LogP contribution in [0.2, 0.25) is 0 Å². The van der Waals surface area contributed by atoms with Gasteiger partial charge in [0.25, 0.3) is 0 Å². The molecule has 0 aromatic heterocycles. The Labute approximate surface area is 84.3 Å². The number of carbonyl (C=O) groups is 1. The van der Waals surface area contributed by atoms with Crippen molar-refractivity contribution in [2.75, 3.05) is 6.54 Å². The summed E-state index contributed by atoms with van der Waals surface area (Å²) >= 11 is 0. The molecule has 1 aromatic carbocycles. The van der Waals surface area contributed by atoms with Crippen LogP contribution in [0.3, 0.4) is 0 Å². The van der Waals surface area contributed by atoms with E-state index in [0.717, 1.165) is 5.56 Å². The molecule has 0 saturated carbocycles. The topological polar surface area (TPSA) is 29.1 Å². The largest absolute Gasteiger partial charge is 0.345 e. The second-order valence-corrected chi connectivity index (χ2v) is 2.80. The van der Waals surface area contributed by atoms with Crippen LogP contribution >= 0.6 is 0 Å². The first-order chi connectivity index (χ1) is 6.83. The van der Waals surface area contributed by atoms with Crippen LogP contribution < -0.4 is 5.32 Å². The van der Waals surface area contributed by atoms with E-state index in [4.69, 9.17) is 0 Å². The molecule has 0 unspecified atom stereocenters. The van der Waals surface area contributed by atoms with Crippen LogP contribution in [0.1, 0.15) is 18.9 Å². The van der Waals surface area contributed by atoms with Gasteiger partial charge >= 0.3 is 0 Å². The van der Waals surface area contributed by atoms with Gasteiger partial charge in [0.05, 0.1) is 6.54 Å². The molecule has 1 N–H and O–H groups in total. The van der Waals surface area contributed by atoms with Gasteiger partial charge in [0.2, 0.25) is 5.91 Å². The van der Waals surface area contributed by atoms with Gasteiger partial charge in [-0.25, -0.2) is 0 Å². The predicted molar refractivity (Wildman–Crippen MR) is 56.6 cm³/mol. The number of benzene rings is 1. The predicted octanol–water partition coefficient (Wildman–Crippen LogP) is 1.56. The van der Waals surface area contributed by atoms with Gasteiger partial charge < -0.3 is 5.32 Å². The van der Waals surface area contributed by atoms with E-state index in [1.807, 2.05) is 37.3 Å². The second kappa shape index (κ2) is 5.82. The maximum Gasteiger partial charge on any atom is 0.220 e. The summed E-state index contributed by atoms with van der Waals surface area (Å²) in [5.41, 5.74) is 0.971. The van der Waals surface area contributed by atoms with Gasteiger partial charge in [-0.2, -0.15) is 0 Å². The molecule has 1 amide bonds. The summed E-state index contributed by atoms with van der Waals surface area (Å²) in [6.45, 7) is 2.24. The minimum absolute atomic E-state index is 0.0346. The van der Waals surface area contributed by atoms with Crippen molar-refractivity contribution in [3.63, 3.8) is 0 Å². The number of rotatable bonds is 2. The lowest BCUT2D eigenvalue weighted by Gasteiger charge is -1.94. The van der Waals surface area contributed by atoms with Crippen molar-refractivity contribution in [3.8, 4) is 11.8 Å². The van der Waals surface area contributed by atoms with E-state index in [2.05, 4.69) is 17.2 Å². The van der Waals surface area contributed by atoms with E-state index in [0.29, 0.717) is 13.0 Å². The number of nitrogens with one attached hydrogen (secondary N) is 1. The van der Waals surface area contributed by atoms with Gasteiger partial charge in [-0.05, 0) is 12.1 Å². The Bertz CT molecular complexity index is 346. The molecule has 0 atom stereocenters. The van der Waals surface area contributed by atoms with Crippen LogP contribution in [0.4, 0.5) is 0 Å². The summed E-state index contributed by atoms with van der Waals surface area (Å²) in [6.07, 6.45) is 0.507. The molecular weight excluding hydrogens is 174 g/mol. The van der Waals surface area contributed by atoms with Crippen LogP contribution in [-0.2, 0) is 4.79 Å². The molecule has 0 bridgehead atoms. The monoisotopic (exact) mass is 187 g/mol. The number of amides is 1. The first-order valence-electron chi connectivity index (χ1n) is 4.63. The van der Waals surface area contributed by atoms with Crippen LogP contribution in [-0.4, -0.2) is 12.5 Å². The molecule has 1 rings (SSSR count). The number of carbonyl (C=O) groups excluding carboxylic acids is 1. The van der Waals surface area contributed by atoms with Crippen LogP contribution in [0, 0.1) is 11.8 Å². The summed E-state index contributed by atoms with van der Waals surface area (Å²) in [4.78, 5) is 10.8. The third kappa shape index (κ3) is 3.77. The average molecular weight is 187 g/mol. The molecule has 0 saturated heterocycles. The summed E-state index contributed by atoms with van der Waals surface area (Å²) in [7, 11) is 0. The minimum Gasteiger partial charge on any atom is -0.345 e. The Morgan fingerprint density at radius 2 is 2.07 bits per heavy atom. The van der Waals surface area contributed by atoms with E-state index in [1.165, 1.54) is 0 Å². The molecule has 14 heavy (non-hydrogen) atoms. The highest BCUT2D eigenvalue weighted by atomic mass is 16.1. The van der Waals surface area contributed by atoms with Gasteiger partial charge in [0, 0.05) is 12.0 Å². The van der Waals surface area contributed by atoms with E-state index in [-0.39, 0.29) is 5.91 Å². The van der Waals surface area contributed by atoms with Crippen molar-refractivity contribution in [2.24, 2.45) is 0 Å². The van der Waals surface area contributed by atoms with Crippen molar-refractivity contribution >= 4 is 5.91 Å². The maximum atomic E-state index is 10.8. The fourth-order valence-electron chi connectivity index (χ4n) is 0.936. The fraction of sp³-hybridized carbons (Fsp3) is 0.250. The van der Waals surface area contributed by atoms with Gasteiger partial charge in [-0.1, -0.05) is 37.0 Å². The summed E-state index contributed by atoms with van der Waals surface area (Å²) < 4.78 is 0. The lowest BCUT2D eigenvalue weighted by Crippen LogP contribution is -2.22. The van der Waals surface area contributed by atoms with Crippen molar-refractivity contribution < 1.29 is 4.79 Å². The van der Waals surface area contributed by atoms with Crippen LogP contribution in [0.25, 0.3) is 0 Å². The summed E-state index contributed by atoms with van der Waals surface area (Å²) in [5, 5.41) is 2.69. The Balaban J connectivity index is 2.38. The van der Waals surface area contributed by atoms with Crippen molar-refractivity contribution in [3.05, 3.63) is 35.9 Å². The van der Waals surface area contributed by atoms with Crippen molar-refractivity contribution in [2.45, 2.75) is 13.3 Å². The van der Waals surface area contributed by atoms with Gasteiger partial charge in [-0.3, -0.25) is 4.79 Å². The van der Waals surface area contributed by atoms with E-state index in [1.54, 1.807) is 0 Å². The highest BCUT2D eigenvalue weighted by molar-refractivity contribution is 5.75. The van der Waals surface area contributed by atoms with Crippen LogP contribution in [0.5, 0.6) is 0 Å². The van der Waals surface area contributed by atoms with Gasteiger partial charge in [0.1, 0.15) is 0 Å². The molecule has 0 aliphatic carbocycles. The zero-order valence-corrected chi connectivity index (χ0v) is 8.21. The SMILES string of the molecule is CCC(=O)NCC#Cc1ccccc1. The quantitative estimate of drug-likeness (QED) is 0.699. The number of hydrogen-bond acceptors (Lipinski definition) is 1. The van der Waals surface area contributed by atoms with Crippen molar-refractivity contribution in [1.82, 2.24) is 5.32 Å². The molecule has 2 heteroatoms. The highest BCUT2D eigenvalue weighted by Gasteiger charge is 1.90. The first-order valence-corrected chi connectivity index (χ1v) is 4.63. The van der Waals surface area contributed by atoms with Crippen molar-refractivity contribution in [1.29, 1.82) is 0 Å². The molecule has 0 heterocycles. The third-order valence-electron chi connectivity index (χ3n) is 1.70. The Morgan fingerprint density at radius 3 is 2.71 bits per heavy atom. The zero-order chi connectivity index (χ0) is 10.2. The molecule has 0 radical (unpaired) electrons. The lowest BCUT2D eigenvalue weighted by atomic mass is 10.2. The first kappa shape index (κ1) is 10.3. The molecule has 0 aliphatic rings. The van der Waals surface area contributed by atoms with E-state index >= 15 is 0 Å². The molecule has 0 fully saturated rings. The Kier molecular flexibility index (Phi) is 4.30. The molecule has 1 aromatic rings. The zero-order valence-electron chi connectivity index (χ0n) is 8.21. The van der Waals surface area contributed by atoms with Gasteiger partial charge in [-0.15, -0.1) is 0 Å². The minimum atomic E-state index is 0.0346. The average Bonchev–Trinajstić information content (AvgIpc) is 2.25. The molecule has 2 nitrogen and oxygen atoms in total. The second-order valence-electron chi connectivity index (χ2n) is 2.80. The van der Waals surface area contributed by atoms with Crippen LogP contribution in [0.15, 0.2) is 30.3 Å². The maximum absolute atomic E-state index is 10.8. The van der Waals surface area contributed by atoms with Gasteiger partial charge in [0.15, 0.2) is 0 Å². The fourth-order valence-corrected chi connectivity index (χ4v) is 0.936. The van der Waals surface area contributed by atoms with E-state index in [9.17, 15) is 4.79 Å². The standard InChI is InChI=1S/C12H13NO/c1-2-12(14)13-10-6-9-11-7-4-3-5-8-11/h3-5,7-8H,2,10H2,1H3,(H,13,14).